The Balaban J connectivity index is 0.000000237. The van der Waals surface area contributed by atoms with Gasteiger partial charge in [0.1, 0.15) is 0 Å². The zero-order valence-corrected chi connectivity index (χ0v) is 39.5. The van der Waals surface area contributed by atoms with E-state index in [2.05, 4.69) is 230 Å². The van der Waals surface area contributed by atoms with Crippen LogP contribution in [0.3, 0.4) is 0 Å². The fourth-order valence-electron chi connectivity index (χ4n) is 5.66. The van der Waals surface area contributed by atoms with Crippen molar-refractivity contribution < 1.29 is 21.1 Å². The van der Waals surface area contributed by atoms with Crippen molar-refractivity contribution in [2.45, 2.75) is 48.5 Å². The molecule has 0 aromatic heterocycles. The molecule has 3 heteroatoms. The Morgan fingerprint density at radius 1 is 0.350 bits per heavy atom. The summed E-state index contributed by atoms with van der Waals surface area (Å²) in [6.07, 6.45) is 11.0. The number of hydrogen-bond acceptors (Lipinski definition) is 0. The van der Waals surface area contributed by atoms with Crippen molar-refractivity contribution in [3.63, 3.8) is 0 Å². The average Bonchev–Trinajstić information content (AvgIpc) is 3.25. The van der Waals surface area contributed by atoms with Crippen LogP contribution in [0.2, 0.25) is 0 Å². The topological polar surface area (TPSA) is 0 Å². The van der Waals surface area contributed by atoms with Crippen molar-refractivity contribution in [1.82, 2.24) is 0 Å². The molecule has 0 N–H and O–H groups in total. The summed E-state index contributed by atoms with van der Waals surface area (Å²) in [5.74, 6) is 13.0. The van der Waals surface area contributed by atoms with Crippen molar-refractivity contribution in [2.24, 2.45) is 0 Å². The molecule has 0 heterocycles. The SMILES string of the molecule is Cc1cc[c-]cc1.Cc1ccc(P(c2ccc(C)cc2)c2ccc(C)cc2)cc1.Cc1ccc(P(c2ccc(C)cc2)c2ccc(C)cc2)cc1.[C-]#CC#CC#CC#C.[Pt+2]. The minimum atomic E-state index is -0.483. The number of rotatable bonds is 6. The van der Waals surface area contributed by atoms with E-state index in [-0.39, 0.29) is 21.1 Å². The predicted octanol–water partition coefficient (Wildman–Crippen LogP) is 10.7. The molecule has 0 atom stereocenters. The van der Waals surface area contributed by atoms with Gasteiger partial charge in [-0.25, -0.2) is 5.92 Å². The molecule has 0 unspecified atom stereocenters. The standard InChI is InChI=1S/2C21H21P.C8H.C7H7.Pt/c2*1-16-4-10-19(11-5-16)22(20-12-6-17(2)7-13-20)21-14-8-18(3)9-15-21;1-3-5-7-8-6-4-2;1-7-5-3-2-4-6-7;/h2*4-15H,1-3H3;1H;3-6H,1H3;/q;;2*-1;+2. The fraction of sp³-hybridized carbons (Fsp3) is 0.123. The molecule has 7 rings (SSSR count). The van der Waals surface area contributed by atoms with Gasteiger partial charge in [0.2, 0.25) is 0 Å². The van der Waals surface area contributed by atoms with E-state index in [0.29, 0.717) is 0 Å². The van der Waals surface area contributed by atoms with E-state index in [1.165, 1.54) is 70.8 Å². The Labute approximate surface area is 378 Å². The molecule has 7 aromatic rings. The van der Waals surface area contributed by atoms with Gasteiger partial charge in [-0.1, -0.05) is 186 Å². The Kier molecular flexibility index (Phi) is 21.5. The number of terminal acetylenes is 1. The average molecular weight is 992 g/mol. The first-order valence-electron chi connectivity index (χ1n) is 19.4. The maximum absolute atomic E-state index is 6.30. The summed E-state index contributed by atoms with van der Waals surface area (Å²) in [4.78, 5) is 0. The van der Waals surface area contributed by atoms with Crippen LogP contribution >= 0.6 is 15.8 Å². The van der Waals surface area contributed by atoms with Crippen LogP contribution in [0, 0.1) is 103 Å². The maximum atomic E-state index is 6.30. The van der Waals surface area contributed by atoms with E-state index in [1.54, 1.807) is 0 Å². The molecule has 60 heavy (non-hydrogen) atoms. The van der Waals surface area contributed by atoms with Gasteiger partial charge in [0.05, 0.1) is 0 Å². The number of benzene rings is 7. The first kappa shape index (κ1) is 48.7. The third kappa shape index (κ3) is 16.5. The molecule has 0 saturated carbocycles. The predicted molar refractivity (Wildman–Crippen MR) is 260 cm³/mol. The fourth-order valence-corrected chi connectivity index (χ4v) is 10.1. The minimum Gasteiger partial charge on any atom is -0.358 e. The maximum Gasteiger partial charge on any atom is 2.00 e. The van der Waals surface area contributed by atoms with E-state index >= 15 is 0 Å². The first-order valence-corrected chi connectivity index (χ1v) is 22.1. The second-order valence-electron chi connectivity index (χ2n) is 14.0. The van der Waals surface area contributed by atoms with Gasteiger partial charge in [-0.05, 0) is 107 Å². The van der Waals surface area contributed by atoms with Crippen molar-refractivity contribution in [3.8, 4) is 41.9 Å². The molecule has 7 aromatic carbocycles. The molecule has 0 spiro atoms. The van der Waals surface area contributed by atoms with Crippen LogP contribution in [0.15, 0.2) is 170 Å². The van der Waals surface area contributed by atoms with Crippen LogP contribution in [0.5, 0.6) is 0 Å². The second-order valence-corrected chi connectivity index (χ2v) is 18.5. The molecule has 0 radical (unpaired) electrons. The number of hydrogen-bond donors (Lipinski definition) is 0. The minimum absolute atomic E-state index is 0. The molecular formula is C57H50P2Pt. The Bertz CT molecular complexity index is 2150. The first-order chi connectivity index (χ1) is 28.6. The van der Waals surface area contributed by atoms with E-state index in [4.69, 9.17) is 12.8 Å². The molecule has 0 saturated heterocycles. The zero-order chi connectivity index (χ0) is 42.4. The van der Waals surface area contributed by atoms with E-state index in [0.717, 1.165) is 0 Å². The van der Waals surface area contributed by atoms with Crippen molar-refractivity contribution >= 4 is 47.7 Å². The van der Waals surface area contributed by atoms with Gasteiger partial charge in [0.25, 0.3) is 0 Å². The molecular weight excluding hydrogens is 942 g/mol. The summed E-state index contributed by atoms with van der Waals surface area (Å²) < 4.78 is 0. The van der Waals surface area contributed by atoms with Crippen LogP contribution in [-0.4, -0.2) is 0 Å². The summed E-state index contributed by atoms with van der Waals surface area (Å²) in [5.41, 5.74) is 9.16. The van der Waals surface area contributed by atoms with Gasteiger partial charge in [0.15, 0.2) is 0 Å². The molecule has 0 amide bonds. The molecule has 0 fully saturated rings. The van der Waals surface area contributed by atoms with Crippen molar-refractivity contribution in [2.75, 3.05) is 0 Å². The van der Waals surface area contributed by atoms with Gasteiger partial charge in [-0.15, -0.1) is 12.3 Å². The summed E-state index contributed by atoms with van der Waals surface area (Å²) in [7, 11) is -0.966. The van der Waals surface area contributed by atoms with Gasteiger partial charge >= 0.3 is 21.1 Å². The Morgan fingerprint density at radius 3 is 0.750 bits per heavy atom. The van der Waals surface area contributed by atoms with Crippen LogP contribution in [-0.2, 0) is 21.1 Å². The Hall–Kier alpha value is -5.67. The van der Waals surface area contributed by atoms with Crippen LogP contribution in [0.4, 0.5) is 0 Å². The van der Waals surface area contributed by atoms with Crippen molar-refractivity contribution in [3.05, 3.63) is 221 Å². The third-order valence-corrected chi connectivity index (χ3v) is 13.8. The molecule has 0 aliphatic carbocycles. The monoisotopic (exact) mass is 991 g/mol. The molecule has 0 aliphatic rings. The van der Waals surface area contributed by atoms with Gasteiger partial charge in [-0.3, -0.25) is 5.92 Å². The zero-order valence-electron chi connectivity index (χ0n) is 35.5. The van der Waals surface area contributed by atoms with Gasteiger partial charge in [-0.2, -0.15) is 35.9 Å². The van der Waals surface area contributed by atoms with Gasteiger partial charge < -0.3 is 6.42 Å². The van der Waals surface area contributed by atoms with E-state index in [1.807, 2.05) is 30.2 Å². The smallest absolute Gasteiger partial charge is 0.358 e. The van der Waals surface area contributed by atoms with Crippen LogP contribution in [0.25, 0.3) is 0 Å². The summed E-state index contributed by atoms with van der Waals surface area (Å²) in [6.45, 7) is 14.9. The quantitative estimate of drug-likeness (QED) is 0.0885. The third-order valence-electron chi connectivity index (χ3n) is 8.96. The van der Waals surface area contributed by atoms with Gasteiger partial charge in [0, 0.05) is 0 Å². The van der Waals surface area contributed by atoms with Crippen LogP contribution < -0.4 is 31.8 Å². The molecule has 298 valence electrons. The molecule has 0 bridgehead atoms. The largest absolute Gasteiger partial charge is 2.00 e. The molecule has 0 nitrogen and oxygen atoms in total. The number of aryl methyl sites for hydroxylation is 7. The van der Waals surface area contributed by atoms with Crippen molar-refractivity contribution in [1.29, 1.82) is 0 Å². The molecule has 0 aliphatic heterocycles. The summed E-state index contributed by atoms with van der Waals surface area (Å²) in [6, 6.07) is 64.7. The second kappa shape index (κ2) is 26.4. The summed E-state index contributed by atoms with van der Waals surface area (Å²) in [5, 5.41) is 8.46. The summed E-state index contributed by atoms with van der Waals surface area (Å²) >= 11 is 0. The normalized spacial score (nSPS) is 9.45. The van der Waals surface area contributed by atoms with E-state index < -0.39 is 15.8 Å². The van der Waals surface area contributed by atoms with Crippen LogP contribution in [0.1, 0.15) is 38.9 Å². The van der Waals surface area contributed by atoms with E-state index in [9.17, 15) is 0 Å². The Morgan fingerprint density at radius 2 is 0.567 bits per heavy atom.